The highest BCUT2D eigenvalue weighted by atomic mass is 35.8. The molecule has 0 spiro atoms. The molecule has 1 rings (SSSR count). The topological polar surface area (TPSA) is 0 Å². The van der Waals surface area contributed by atoms with Crippen LogP contribution in [-0.2, 0) is 0 Å². The summed E-state index contributed by atoms with van der Waals surface area (Å²) >= 11 is 17.6. The zero-order valence-electron chi connectivity index (χ0n) is 6.37. The van der Waals surface area contributed by atoms with Gasteiger partial charge in [-0.25, -0.2) is 0 Å². The van der Waals surface area contributed by atoms with Crippen LogP contribution in [0.5, 0.6) is 0 Å². The first-order valence-corrected chi connectivity index (χ1v) is 8.46. The van der Waals surface area contributed by atoms with Gasteiger partial charge >= 0.3 is 6.00 Å². The minimum atomic E-state index is -2.54. The van der Waals surface area contributed by atoms with Gasteiger partial charge in [0.2, 0.25) is 0 Å². The monoisotopic (exact) mass is 226 g/mol. The maximum Gasteiger partial charge on any atom is 0.351 e. The van der Waals surface area contributed by atoms with Crippen molar-refractivity contribution in [1.29, 1.82) is 0 Å². The third-order valence-corrected chi connectivity index (χ3v) is 5.22. The first kappa shape index (κ1) is 9.65. The molecule has 0 fully saturated rings. The van der Waals surface area contributed by atoms with Crippen molar-refractivity contribution in [1.82, 2.24) is 0 Å². The maximum atomic E-state index is 5.85. The summed E-state index contributed by atoms with van der Waals surface area (Å²) in [6.07, 6.45) is 4.07. The van der Waals surface area contributed by atoms with Gasteiger partial charge in [0.25, 0.3) is 0 Å². The largest absolute Gasteiger partial charge is 0.351 e. The third kappa shape index (κ3) is 2.25. The summed E-state index contributed by atoms with van der Waals surface area (Å²) in [7, 11) is 0. The van der Waals surface area contributed by atoms with Gasteiger partial charge in [0.15, 0.2) is 0 Å². The molecule has 0 aromatic heterocycles. The predicted molar refractivity (Wildman–Crippen MR) is 54.6 cm³/mol. The fourth-order valence-corrected chi connectivity index (χ4v) is 3.05. The van der Waals surface area contributed by atoms with Crippen molar-refractivity contribution < 1.29 is 0 Å². The van der Waals surface area contributed by atoms with Crippen molar-refractivity contribution in [2.24, 2.45) is 0 Å². The Hall–Kier alpha value is 0.567. The van der Waals surface area contributed by atoms with Crippen molar-refractivity contribution in [3.63, 3.8) is 0 Å². The lowest BCUT2D eigenvalue weighted by molar-refractivity contribution is 1.38. The van der Waals surface area contributed by atoms with Crippen molar-refractivity contribution in [2.45, 2.75) is 19.4 Å². The second-order valence-corrected chi connectivity index (χ2v) is 11.6. The maximum absolute atomic E-state index is 5.85. The quantitative estimate of drug-likeness (QED) is 0.471. The molecule has 1 aliphatic carbocycles. The molecule has 0 radical (unpaired) electrons. The number of hydrogen-bond acceptors (Lipinski definition) is 0. The second kappa shape index (κ2) is 3.13. The molecular weight excluding hydrogens is 219 g/mol. The van der Waals surface area contributed by atoms with Crippen LogP contribution in [0.15, 0.2) is 23.3 Å². The number of hydrogen-bond donors (Lipinski definition) is 0. The van der Waals surface area contributed by atoms with Gasteiger partial charge < -0.3 is 0 Å². The molecule has 0 aromatic rings. The SMILES string of the molecule is CC1=CC([Si](Cl)(Cl)Cl)C=C1C. The van der Waals surface area contributed by atoms with Gasteiger partial charge in [0.05, 0.1) is 0 Å². The Labute approximate surface area is 82.0 Å². The van der Waals surface area contributed by atoms with Crippen LogP contribution in [0.25, 0.3) is 0 Å². The van der Waals surface area contributed by atoms with Crippen LogP contribution in [-0.4, -0.2) is 6.00 Å². The van der Waals surface area contributed by atoms with Crippen LogP contribution < -0.4 is 0 Å². The smallest absolute Gasteiger partial charge is 0.125 e. The highest BCUT2D eigenvalue weighted by Gasteiger charge is 2.35. The Morgan fingerprint density at radius 2 is 1.45 bits per heavy atom. The van der Waals surface area contributed by atoms with Crippen LogP contribution in [0.4, 0.5) is 0 Å². The van der Waals surface area contributed by atoms with Gasteiger partial charge in [-0.15, -0.1) is 33.2 Å². The molecule has 0 N–H and O–H groups in total. The molecule has 0 heterocycles. The van der Waals surface area contributed by atoms with Crippen molar-refractivity contribution in [3.05, 3.63) is 23.3 Å². The van der Waals surface area contributed by atoms with Crippen LogP contribution >= 0.6 is 33.2 Å². The summed E-state index contributed by atoms with van der Waals surface area (Å²) in [4.78, 5) is 0. The predicted octanol–water partition coefficient (Wildman–Crippen LogP) is 3.92. The molecule has 0 saturated carbocycles. The molecule has 0 atom stereocenters. The van der Waals surface area contributed by atoms with E-state index in [1.54, 1.807) is 0 Å². The third-order valence-electron chi connectivity index (χ3n) is 1.86. The van der Waals surface area contributed by atoms with Crippen LogP contribution in [0, 0.1) is 0 Å². The first-order chi connectivity index (χ1) is 4.91. The van der Waals surface area contributed by atoms with E-state index >= 15 is 0 Å². The molecule has 4 heteroatoms. The Balaban J connectivity index is 2.84. The van der Waals surface area contributed by atoms with E-state index in [9.17, 15) is 0 Å². The van der Waals surface area contributed by atoms with E-state index in [0.717, 1.165) is 0 Å². The molecule has 0 amide bonds. The first-order valence-electron chi connectivity index (χ1n) is 3.35. The van der Waals surface area contributed by atoms with E-state index in [2.05, 4.69) is 0 Å². The van der Waals surface area contributed by atoms with E-state index in [0.29, 0.717) is 0 Å². The highest BCUT2D eigenvalue weighted by Crippen LogP contribution is 2.41. The molecular formula is C7H9Cl3Si. The molecule has 0 saturated heterocycles. The second-order valence-electron chi connectivity index (χ2n) is 2.77. The van der Waals surface area contributed by atoms with E-state index in [1.165, 1.54) is 11.1 Å². The summed E-state index contributed by atoms with van der Waals surface area (Å²) in [6.45, 7) is 4.08. The molecule has 11 heavy (non-hydrogen) atoms. The molecule has 0 aromatic carbocycles. The summed E-state index contributed by atoms with van der Waals surface area (Å²) in [5.41, 5.74) is 2.54. The zero-order chi connectivity index (χ0) is 8.65. The lowest BCUT2D eigenvalue weighted by atomic mass is 10.2. The molecule has 0 unspecified atom stereocenters. The number of allylic oxidation sites excluding steroid dienone is 4. The molecule has 62 valence electrons. The van der Waals surface area contributed by atoms with Crippen molar-refractivity contribution in [3.8, 4) is 0 Å². The fraction of sp³-hybridized carbons (Fsp3) is 0.429. The molecule has 1 aliphatic rings. The summed E-state index contributed by atoms with van der Waals surface area (Å²) < 4.78 is 0. The van der Waals surface area contributed by atoms with E-state index in [-0.39, 0.29) is 5.54 Å². The van der Waals surface area contributed by atoms with Crippen molar-refractivity contribution >= 4 is 39.2 Å². The van der Waals surface area contributed by atoms with Crippen LogP contribution in [0.1, 0.15) is 13.8 Å². The molecule has 0 bridgehead atoms. The van der Waals surface area contributed by atoms with Gasteiger partial charge in [-0.3, -0.25) is 0 Å². The van der Waals surface area contributed by atoms with Gasteiger partial charge in [-0.1, -0.05) is 23.3 Å². The summed E-state index contributed by atoms with van der Waals surface area (Å²) in [5, 5.41) is 0. The van der Waals surface area contributed by atoms with E-state index in [4.69, 9.17) is 33.2 Å². The Morgan fingerprint density at radius 1 is 1.09 bits per heavy atom. The average Bonchev–Trinajstić information content (AvgIpc) is 2.11. The Kier molecular flexibility index (Phi) is 2.75. The fourth-order valence-electron chi connectivity index (χ4n) is 1.04. The highest BCUT2D eigenvalue weighted by molar-refractivity contribution is 7.65. The Bertz CT molecular complexity index is 206. The van der Waals surface area contributed by atoms with Gasteiger partial charge in [0.1, 0.15) is 0 Å². The summed E-state index contributed by atoms with van der Waals surface area (Å²) in [6, 6.07) is -2.54. The zero-order valence-corrected chi connectivity index (χ0v) is 9.63. The summed E-state index contributed by atoms with van der Waals surface area (Å²) in [5.74, 6) is 0. The van der Waals surface area contributed by atoms with Crippen molar-refractivity contribution in [2.75, 3.05) is 0 Å². The minimum Gasteiger partial charge on any atom is -0.125 e. The molecule has 0 nitrogen and oxygen atoms in total. The van der Waals surface area contributed by atoms with Gasteiger partial charge in [-0.05, 0) is 13.8 Å². The lowest BCUT2D eigenvalue weighted by Gasteiger charge is -2.11. The number of halogens is 3. The minimum absolute atomic E-state index is 0.0764. The van der Waals surface area contributed by atoms with Gasteiger partial charge in [0, 0.05) is 5.54 Å². The average molecular weight is 228 g/mol. The Morgan fingerprint density at radius 3 is 1.64 bits per heavy atom. The standard InChI is InChI=1S/C7H9Cl3Si/c1-5-3-7(4-6(5)2)11(8,9)10/h3-4,7H,1-2H3. The van der Waals surface area contributed by atoms with Crippen LogP contribution in [0.2, 0.25) is 5.54 Å². The molecule has 0 aliphatic heterocycles. The van der Waals surface area contributed by atoms with E-state index < -0.39 is 6.00 Å². The number of rotatable bonds is 1. The normalized spacial score (nSPS) is 20.1. The van der Waals surface area contributed by atoms with E-state index in [1.807, 2.05) is 26.0 Å². The lowest BCUT2D eigenvalue weighted by Crippen LogP contribution is -2.14. The van der Waals surface area contributed by atoms with Crippen LogP contribution in [0.3, 0.4) is 0 Å². The van der Waals surface area contributed by atoms with Gasteiger partial charge in [-0.2, -0.15) is 0 Å².